The first kappa shape index (κ1) is 21.6. The lowest BCUT2D eigenvalue weighted by Crippen LogP contribution is -2.33. The van der Waals surface area contributed by atoms with E-state index in [-0.39, 0.29) is 17.4 Å². The molecule has 2 heteroatoms. The smallest absolute Gasteiger partial charge is 0.127 e. The Kier molecular flexibility index (Phi) is 5.94. The molecule has 4 rings (SSSR count). The molecule has 1 aliphatic carbocycles. The van der Waals surface area contributed by atoms with Gasteiger partial charge in [-0.15, -0.1) is 0 Å². The number of hydrogen-bond donors (Lipinski definition) is 1. The maximum atomic E-state index is 9.18. The predicted octanol–water partition coefficient (Wildman–Crippen LogP) is 7.13. The Balaban J connectivity index is 1.83. The Bertz CT molecular complexity index is 1050. The summed E-state index contributed by atoms with van der Waals surface area (Å²) in [5, 5.41) is 9.18. The lowest BCUT2D eigenvalue weighted by atomic mass is 9.63. The van der Waals surface area contributed by atoms with E-state index in [4.69, 9.17) is 4.74 Å². The van der Waals surface area contributed by atoms with Gasteiger partial charge in [-0.1, -0.05) is 82.3 Å². The standard InChI is InChI=1S/C29H34O2/c1-28(2)15-16-29(3,4)26-20-23(11-13-25(26)28)24-19-22(21-9-6-5-7-10-21)12-14-27(24)31-18-8-17-30/h5-7,9-14,19-20,30H,8,15-18H2,1-4H3. The van der Waals surface area contributed by atoms with Crippen molar-refractivity contribution in [2.24, 2.45) is 0 Å². The first-order chi connectivity index (χ1) is 14.8. The molecule has 0 aromatic heterocycles. The van der Waals surface area contributed by atoms with Crippen LogP contribution in [0.25, 0.3) is 22.3 Å². The van der Waals surface area contributed by atoms with Gasteiger partial charge in [0, 0.05) is 18.6 Å². The summed E-state index contributed by atoms with van der Waals surface area (Å²) >= 11 is 0. The van der Waals surface area contributed by atoms with Gasteiger partial charge in [0.2, 0.25) is 0 Å². The van der Waals surface area contributed by atoms with Crippen molar-refractivity contribution in [1.82, 2.24) is 0 Å². The lowest BCUT2D eigenvalue weighted by Gasteiger charge is -2.42. The van der Waals surface area contributed by atoms with E-state index in [1.54, 1.807) is 0 Å². The van der Waals surface area contributed by atoms with Crippen LogP contribution in [0.5, 0.6) is 5.75 Å². The molecule has 0 saturated heterocycles. The topological polar surface area (TPSA) is 29.5 Å². The normalized spacial score (nSPS) is 16.5. The fraction of sp³-hybridized carbons (Fsp3) is 0.379. The lowest BCUT2D eigenvalue weighted by molar-refractivity contribution is 0.234. The SMILES string of the molecule is CC1(C)CCC(C)(C)c2cc(-c3cc(-c4ccccc4)ccc3OCCCO)ccc21. The summed E-state index contributed by atoms with van der Waals surface area (Å²) in [7, 11) is 0. The van der Waals surface area contributed by atoms with Crippen LogP contribution in [-0.4, -0.2) is 18.3 Å². The van der Waals surface area contributed by atoms with Gasteiger partial charge in [-0.05, 0) is 63.6 Å². The number of benzene rings is 3. The van der Waals surface area contributed by atoms with Crippen LogP contribution in [0.2, 0.25) is 0 Å². The summed E-state index contributed by atoms with van der Waals surface area (Å²) in [6, 6.07) is 23.9. The predicted molar refractivity (Wildman–Crippen MR) is 130 cm³/mol. The van der Waals surface area contributed by atoms with E-state index in [0.717, 1.165) is 11.3 Å². The number of aliphatic hydroxyl groups excluding tert-OH is 1. The van der Waals surface area contributed by atoms with E-state index >= 15 is 0 Å². The minimum atomic E-state index is 0.138. The van der Waals surface area contributed by atoms with Crippen LogP contribution in [-0.2, 0) is 10.8 Å². The van der Waals surface area contributed by atoms with Crippen molar-refractivity contribution in [3.63, 3.8) is 0 Å². The third kappa shape index (κ3) is 4.41. The van der Waals surface area contributed by atoms with E-state index < -0.39 is 0 Å². The summed E-state index contributed by atoms with van der Waals surface area (Å²) in [5.74, 6) is 0.876. The second kappa shape index (κ2) is 8.51. The van der Waals surface area contributed by atoms with Gasteiger partial charge in [-0.2, -0.15) is 0 Å². The molecule has 0 unspecified atom stereocenters. The molecule has 31 heavy (non-hydrogen) atoms. The highest BCUT2D eigenvalue weighted by Crippen LogP contribution is 2.47. The quantitative estimate of drug-likeness (QED) is 0.435. The maximum Gasteiger partial charge on any atom is 0.127 e. The third-order valence-electron chi connectivity index (χ3n) is 6.81. The van der Waals surface area contributed by atoms with Crippen molar-refractivity contribution in [3.8, 4) is 28.0 Å². The minimum absolute atomic E-state index is 0.138. The van der Waals surface area contributed by atoms with Gasteiger partial charge in [-0.25, -0.2) is 0 Å². The Labute approximate surface area is 186 Å². The van der Waals surface area contributed by atoms with E-state index in [9.17, 15) is 5.11 Å². The van der Waals surface area contributed by atoms with Crippen molar-refractivity contribution in [2.45, 2.75) is 57.8 Å². The second-order valence-electron chi connectivity index (χ2n) is 10.0. The van der Waals surface area contributed by atoms with E-state index in [1.165, 1.54) is 40.7 Å². The molecule has 0 radical (unpaired) electrons. The Morgan fingerprint density at radius 2 is 1.42 bits per heavy atom. The largest absolute Gasteiger partial charge is 0.493 e. The van der Waals surface area contributed by atoms with Gasteiger partial charge < -0.3 is 9.84 Å². The first-order valence-electron chi connectivity index (χ1n) is 11.4. The van der Waals surface area contributed by atoms with Gasteiger partial charge in [-0.3, -0.25) is 0 Å². The zero-order valence-electron chi connectivity index (χ0n) is 19.2. The summed E-state index contributed by atoms with van der Waals surface area (Å²) in [5.41, 5.74) is 7.98. The molecule has 0 bridgehead atoms. The highest BCUT2D eigenvalue weighted by molar-refractivity contribution is 5.78. The fourth-order valence-corrected chi connectivity index (χ4v) is 4.69. The molecule has 0 fully saturated rings. The monoisotopic (exact) mass is 414 g/mol. The Hall–Kier alpha value is -2.58. The van der Waals surface area contributed by atoms with E-state index in [0.29, 0.717) is 13.0 Å². The van der Waals surface area contributed by atoms with Crippen molar-refractivity contribution in [2.75, 3.05) is 13.2 Å². The van der Waals surface area contributed by atoms with Crippen LogP contribution < -0.4 is 4.74 Å². The number of hydrogen-bond acceptors (Lipinski definition) is 2. The second-order valence-corrected chi connectivity index (χ2v) is 10.0. The molecule has 1 N–H and O–H groups in total. The molecule has 0 amide bonds. The molecule has 0 spiro atoms. The average Bonchev–Trinajstić information content (AvgIpc) is 2.78. The fourth-order valence-electron chi connectivity index (χ4n) is 4.69. The molecule has 1 aliphatic rings. The zero-order valence-corrected chi connectivity index (χ0v) is 19.2. The van der Waals surface area contributed by atoms with E-state index in [2.05, 4.69) is 88.4 Å². The van der Waals surface area contributed by atoms with Crippen LogP contribution in [0.1, 0.15) is 58.1 Å². The van der Waals surface area contributed by atoms with Gasteiger partial charge in [0.25, 0.3) is 0 Å². The Morgan fingerprint density at radius 1 is 0.742 bits per heavy atom. The molecule has 0 aliphatic heterocycles. The van der Waals surface area contributed by atoms with Gasteiger partial charge in [0.15, 0.2) is 0 Å². The number of fused-ring (bicyclic) bond motifs is 1. The molecule has 2 nitrogen and oxygen atoms in total. The van der Waals surface area contributed by atoms with Gasteiger partial charge >= 0.3 is 0 Å². The highest BCUT2D eigenvalue weighted by atomic mass is 16.5. The molecule has 3 aromatic rings. The third-order valence-corrected chi connectivity index (χ3v) is 6.81. The summed E-state index contributed by atoms with van der Waals surface area (Å²) in [6.45, 7) is 10.1. The number of rotatable bonds is 6. The van der Waals surface area contributed by atoms with Crippen LogP contribution in [0.3, 0.4) is 0 Å². The average molecular weight is 415 g/mol. The summed E-state index contributed by atoms with van der Waals surface area (Å²) in [4.78, 5) is 0. The minimum Gasteiger partial charge on any atom is -0.493 e. The number of aliphatic hydroxyl groups is 1. The van der Waals surface area contributed by atoms with Crippen LogP contribution >= 0.6 is 0 Å². The number of ether oxygens (including phenoxy) is 1. The Morgan fingerprint density at radius 3 is 2.13 bits per heavy atom. The van der Waals surface area contributed by atoms with Crippen molar-refractivity contribution < 1.29 is 9.84 Å². The molecule has 0 heterocycles. The first-order valence-corrected chi connectivity index (χ1v) is 11.4. The molecule has 162 valence electrons. The summed E-state index contributed by atoms with van der Waals surface area (Å²) in [6.07, 6.45) is 3.04. The van der Waals surface area contributed by atoms with E-state index in [1.807, 2.05) is 6.07 Å². The molecule has 0 saturated carbocycles. The molecule has 3 aromatic carbocycles. The van der Waals surface area contributed by atoms with Crippen molar-refractivity contribution in [3.05, 3.63) is 77.9 Å². The van der Waals surface area contributed by atoms with Crippen LogP contribution in [0, 0.1) is 0 Å². The summed E-state index contributed by atoms with van der Waals surface area (Å²) < 4.78 is 6.10. The van der Waals surface area contributed by atoms with Crippen LogP contribution in [0.4, 0.5) is 0 Å². The molecule has 0 atom stereocenters. The molecular weight excluding hydrogens is 380 g/mol. The zero-order chi connectivity index (χ0) is 22.1. The van der Waals surface area contributed by atoms with Crippen molar-refractivity contribution >= 4 is 0 Å². The maximum absolute atomic E-state index is 9.18. The van der Waals surface area contributed by atoms with Crippen LogP contribution in [0.15, 0.2) is 66.7 Å². The molecular formula is C29H34O2. The highest BCUT2D eigenvalue weighted by Gasteiger charge is 2.37. The van der Waals surface area contributed by atoms with Crippen molar-refractivity contribution in [1.29, 1.82) is 0 Å². The van der Waals surface area contributed by atoms with Gasteiger partial charge in [0.1, 0.15) is 5.75 Å². The van der Waals surface area contributed by atoms with Gasteiger partial charge in [0.05, 0.1) is 6.61 Å².